The van der Waals surface area contributed by atoms with Crippen molar-refractivity contribution in [2.24, 2.45) is 5.10 Å². The minimum Gasteiger partial charge on any atom is -0.494 e. The van der Waals surface area contributed by atoms with E-state index in [9.17, 15) is 4.79 Å². The Kier molecular flexibility index (Phi) is 7.57. The Morgan fingerprint density at radius 3 is 2.54 bits per heavy atom. The van der Waals surface area contributed by atoms with Crippen molar-refractivity contribution in [3.05, 3.63) is 59.7 Å². The first-order chi connectivity index (χ1) is 17.0. The number of benzene rings is 2. The van der Waals surface area contributed by atoms with E-state index in [0.29, 0.717) is 48.4 Å². The van der Waals surface area contributed by atoms with Gasteiger partial charge < -0.3 is 20.5 Å². The summed E-state index contributed by atoms with van der Waals surface area (Å²) in [7, 11) is 0. The molecule has 0 aliphatic carbocycles. The standard InChI is InChI=1S/C26H30N6O3/c1-4-34-19-12-10-18(11-13-19)16-29-32-24(27)22(26(33)28-14-7-15-35-17(2)3)23-25(32)31-21-9-6-5-8-20(21)30-23/h5-6,8-13,16-17H,4,7,14-15,27H2,1-3H3,(H,28,33). The minimum atomic E-state index is -0.323. The Hall–Kier alpha value is -3.98. The lowest BCUT2D eigenvalue weighted by Crippen LogP contribution is -2.26. The maximum atomic E-state index is 13.1. The molecule has 4 aromatic rings. The van der Waals surface area contributed by atoms with Gasteiger partial charge in [-0.25, -0.2) is 9.97 Å². The monoisotopic (exact) mass is 474 g/mol. The molecule has 0 aliphatic heterocycles. The molecule has 0 radical (unpaired) electrons. The summed E-state index contributed by atoms with van der Waals surface area (Å²) in [5, 5.41) is 7.46. The van der Waals surface area contributed by atoms with Crippen LogP contribution in [0.2, 0.25) is 0 Å². The molecule has 9 nitrogen and oxygen atoms in total. The average Bonchev–Trinajstić information content (AvgIpc) is 3.11. The number of nitrogen functional groups attached to an aromatic ring is 1. The second kappa shape index (κ2) is 11.0. The first-order valence-corrected chi connectivity index (χ1v) is 11.7. The molecule has 2 aromatic carbocycles. The van der Waals surface area contributed by atoms with Crippen LogP contribution in [0.3, 0.4) is 0 Å². The van der Waals surface area contributed by atoms with Crippen molar-refractivity contribution in [3.8, 4) is 5.75 Å². The van der Waals surface area contributed by atoms with Crippen molar-refractivity contribution in [3.63, 3.8) is 0 Å². The molecule has 1 amide bonds. The van der Waals surface area contributed by atoms with Gasteiger partial charge in [-0.15, -0.1) is 0 Å². The summed E-state index contributed by atoms with van der Waals surface area (Å²) >= 11 is 0. The third-order valence-corrected chi connectivity index (χ3v) is 5.27. The van der Waals surface area contributed by atoms with E-state index in [1.165, 1.54) is 4.68 Å². The van der Waals surface area contributed by atoms with Gasteiger partial charge in [0.1, 0.15) is 22.6 Å². The molecular weight excluding hydrogens is 444 g/mol. The van der Waals surface area contributed by atoms with E-state index >= 15 is 0 Å². The van der Waals surface area contributed by atoms with E-state index in [2.05, 4.69) is 10.4 Å². The highest BCUT2D eigenvalue weighted by atomic mass is 16.5. The lowest BCUT2D eigenvalue weighted by Gasteiger charge is -2.08. The van der Waals surface area contributed by atoms with Crippen molar-refractivity contribution >= 4 is 40.1 Å². The number of hydrogen-bond donors (Lipinski definition) is 2. The highest BCUT2D eigenvalue weighted by molar-refractivity contribution is 6.10. The van der Waals surface area contributed by atoms with Gasteiger partial charge >= 0.3 is 0 Å². The molecule has 0 fully saturated rings. The first kappa shape index (κ1) is 24.2. The van der Waals surface area contributed by atoms with E-state index < -0.39 is 0 Å². The number of nitrogens with zero attached hydrogens (tertiary/aromatic N) is 4. The largest absolute Gasteiger partial charge is 0.494 e. The smallest absolute Gasteiger partial charge is 0.257 e. The van der Waals surface area contributed by atoms with Crippen molar-refractivity contribution < 1.29 is 14.3 Å². The zero-order valence-electron chi connectivity index (χ0n) is 20.2. The molecule has 35 heavy (non-hydrogen) atoms. The summed E-state index contributed by atoms with van der Waals surface area (Å²) in [6.45, 7) is 7.50. The van der Waals surface area contributed by atoms with Crippen LogP contribution in [0.15, 0.2) is 53.6 Å². The molecule has 0 unspecified atom stereocenters. The van der Waals surface area contributed by atoms with Crippen LogP contribution >= 0.6 is 0 Å². The predicted molar refractivity (Wildman–Crippen MR) is 138 cm³/mol. The number of aromatic nitrogens is 3. The van der Waals surface area contributed by atoms with Crippen LogP contribution in [-0.2, 0) is 4.74 Å². The maximum Gasteiger partial charge on any atom is 0.257 e. The number of hydrogen-bond acceptors (Lipinski definition) is 7. The number of anilines is 1. The lowest BCUT2D eigenvalue weighted by molar-refractivity contribution is 0.0757. The normalized spacial score (nSPS) is 11.7. The predicted octanol–water partition coefficient (Wildman–Crippen LogP) is 3.99. The second-order valence-electron chi connectivity index (χ2n) is 8.23. The molecule has 2 aromatic heterocycles. The quantitative estimate of drug-likeness (QED) is 0.265. The lowest BCUT2D eigenvalue weighted by atomic mass is 10.2. The summed E-state index contributed by atoms with van der Waals surface area (Å²) in [6, 6.07) is 15.0. The third-order valence-electron chi connectivity index (χ3n) is 5.27. The second-order valence-corrected chi connectivity index (χ2v) is 8.23. The molecule has 0 bridgehead atoms. The molecule has 0 aliphatic rings. The van der Waals surface area contributed by atoms with Crippen LogP contribution in [-0.4, -0.2) is 52.6 Å². The SMILES string of the molecule is CCOc1ccc(C=Nn2c(N)c(C(=O)NCCCOC(C)C)c3nc4ccccc4nc32)cc1. The number of nitrogens with two attached hydrogens (primary N) is 1. The number of fused-ring (bicyclic) bond motifs is 2. The Labute approximate surface area is 204 Å². The van der Waals surface area contributed by atoms with E-state index in [1.54, 1.807) is 6.21 Å². The average molecular weight is 475 g/mol. The molecule has 0 saturated heterocycles. The first-order valence-electron chi connectivity index (χ1n) is 11.7. The van der Waals surface area contributed by atoms with Crippen LogP contribution in [0.25, 0.3) is 22.2 Å². The minimum absolute atomic E-state index is 0.149. The number of carbonyl (C=O) groups excluding carboxylic acids is 1. The van der Waals surface area contributed by atoms with Crippen LogP contribution in [0.4, 0.5) is 5.82 Å². The third kappa shape index (κ3) is 5.58. The van der Waals surface area contributed by atoms with Crippen molar-refractivity contribution in [2.75, 3.05) is 25.5 Å². The molecule has 0 spiro atoms. The summed E-state index contributed by atoms with van der Waals surface area (Å²) in [5.74, 6) is 0.635. The zero-order valence-corrected chi connectivity index (χ0v) is 20.2. The van der Waals surface area contributed by atoms with Crippen LogP contribution in [0, 0.1) is 0 Å². The summed E-state index contributed by atoms with van der Waals surface area (Å²) in [5.41, 5.74) is 9.72. The Morgan fingerprint density at radius 1 is 1.14 bits per heavy atom. The van der Waals surface area contributed by atoms with Gasteiger partial charge in [0.25, 0.3) is 5.91 Å². The Balaban J connectivity index is 1.68. The summed E-state index contributed by atoms with van der Waals surface area (Å²) in [4.78, 5) is 22.5. The number of nitrogens with one attached hydrogen (secondary N) is 1. The topological polar surface area (TPSA) is 117 Å². The summed E-state index contributed by atoms with van der Waals surface area (Å²) in [6.07, 6.45) is 2.50. The Bertz CT molecular complexity index is 1340. The fourth-order valence-corrected chi connectivity index (χ4v) is 3.61. The summed E-state index contributed by atoms with van der Waals surface area (Å²) < 4.78 is 12.5. The fraction of sp³-hybridized carbons (Fsp3) is 0.308. The highest BCUT2D eigenvalue weighted by Crippen LogP contribution is 2.27. The number of ether oxygens (including phenoxy) is 2. The van der Waals surface area contributed by atoms with Gasteiger partial charge in [-0.05, 0) is 69.2 Å². The van der Waals surface area contributed by atoms with Crippen molar-refractivity contribution in [1.29, 1.82) is 0 Å². The van der Waals surface area contributed by atoms with Crippen molar-refractivity contribution in [2.45, 2.75) is 33.3 Å². The van der Waals surface area contributed by atoms with E-state index in [0.717, 1.165) is 11.3 Å². The van der Waals surface area contributed by atoms with Gasteiger partial charge in [0.15, 0.2) is 5.65 Å². The number of amides is 1. The van der Waals surface area contributed by atoms with Crippen molar-refractivity contribution in [1.82, 2.24) is 20.0 Å². The molecule has 0 atom stereocenters. The molecule has 3 N–H and O–H groups in total. The molecule has 2 heterocycles. The van der Waals surface area contributed by atoms with Gasteiger partial charge in [-0.3, -0.25) is 4.79 Å². The van der Waals surface area contributed by atoms with Crippen LogP contribution in [0.1, 0.15) is 43.1 Å². The van der Waals surface area contributed by atoms with E-state index in [4.69, 9.17) is 25.2 Å². The fourth-order valence-electron chi connectivity index (χ4n) is 3.61. The zero-order chi connectivity index (χ0) is 24.8. The molecule has 182 valence electrons. The Morgan fingerprint density at radius 2 is 1.86 bits per heavy atom. The van der Waals surface area contributed by atoms with Gasteiger partial charge in [-0.1, -0.05) is 12.1 Å². The molecule has 9 heteroatoms. The van der Waals surface area contributed by atoms with Crippen LogP contribution < -0.4 is 15.8 Å². The molecular formula is C26H30N6O3. The molecule has 0 saturated carbocycles. The van der Waals surface area contributed by atoms with E-state index in [-0.39, 0.29) is 23.4 Å². The number of rotatable bonds is 10. The van der Waals surface area contributed by atoms with Crippen LogP contribution in [0.5, 0.6) is 5.75 Å². The van der Waals surface area contributed by atoms with Gasteiger partial charge in [0.2, 0.25) is 0 Å². The van der Waals surface area contributed by atoms with Gasteiger partial charge in [0, 0.05) is 13.2 Å². The number of para-hydroxylation sites is 2. The molecule has 4 rings (SSSR count). The van der Waals surface area contributed by atoms with E-state index in [1.807, 2.05) is 69.3 Å². The number of carbonyl (C=O) groups is 1. The highest BCUT2D eigenvalue weighted by Gasteiger charge is 2.23. The van der Waals surface area contributed by atoms with Gasteiger partial charge in [0.05, 0.1) is 30.0 Å². The maximum absolute atomic E-state index is 13.1. The van der Waals surface area contributed by atoms with Gasteiger partial charge in [-0.2, -0.15) is 9.78 Å².